The minimum absolute atomic E-state index is 0.0182. The number of nitrogens with one attached hydrogen (secondary N) is 15. The largest absolute Gasteiger partial charge is 0.481 e. The van der Waals surface area contributed by atoms with Crippen molar-refractivity contribution in [2.75, 3.05) is 18.8 Å². The highest BCUT2D eigenvalue weighted by molar-refractivity contribution is 7.80. The molecule has 0 aromatic rings. The fraction of sp³-hybridized carbons (Fsp3) is 0.725. The summed E-state index contributed by atoms with van der Waals surface area (Å²) in [5.41, 5.74) is 17.2. The molecule has 0 aromatic carbocycles. The molecule has 41 nitrogen and oxygen atoms in total. The van der Waals surface area contributed by atoms with Crippen molar-refractivity contribution in [3.8, 4) is 0 Å². The van der Waals surface area contributed by atoms with Crippen LogP contribution in [0.15, 0.2) is 0 Å². The van der Waals surface area contributed by atoms with Crippen molar-refractivity contribution in [2.45, 2.75) is 277 Å². The van der Waals surface area contributed by atoms with E-state index in [1.165, 1.54) is 34.6 Å². The number of aliphatic carboxylic acids is 4. The van der Waals surface area contributed by atoms with Gasteiger partial charge in [-0.05, 0) is 143 Å². The Morgan fingerprint density at radius 3 is 0.901 bits per heavy atom. The van der Waals surface area contributed by atoms with Crippen LogP contribution in [0.5, 0.6) is 0 Å². The first-order valence-corrected chi connectivity index (χ1v) is 37.4. The third-order valence-corrected chi connectivity index (χ3v) is 17.1. The number of amides is 15. The standard InChI is InChI=1S/C69H120N18O23S/c1-31(2)25-45(82-56(96)36(10)73-54(94)35(9)75-64(104)46(26-32(3)4)85-59(99)41(72)28-51(90)91)63(103)76-39(13)58(98)84-48(29-52(92)93)66(106)80-43(20-16-18-24-71)62(102)87-53(34(7)8)68(108)81-42(19-15-17-23-70)60(100)74-38(12)57(97)83-47(27-33(5)6)65(105)86-49(30-111)67(107)77-37(11)55(95)79-44(21-22-50(88)89)61(101)78-40(14)69(109)110/h31-49,53,111H,15-30,70-72H2,1-14H3,(H,73,94)(H,74,100)(H,75,104)(H,76,103)(H,77,107)(H,78,101)(H,79,95)(H,80,106)(H,81,108)(H,82,96)(H,83,97)(H,84,98)(H,85,99)(H,86,105)(H,87,102)(H,88,89)(H,90,91)(H,92,93)(H,109,110)/t35-,36-,37-,38-,39-,40-,41-,42-,43-,44-,45-,46-,47-,48-,49-,53-/m0/s1. The molecule has 0 heterocycles. The van der Waals surface area contributed by atoms with Crippen molar-refractivity contribution < 1.29 is 112 Å². The smallest absolute Gasteiger partial charge is 0.325 e. The first-order chi connectivity index (χ1) is 51.6. The number of carboxylic acids is 4. The van der Waals surface area contributed by atoms with Gasteiger partial charge in [0.25, 0.3) is 0 Å². The van der Waals surface area contributed by atoms with E-state index in [4.69, 9.17) is 22.3 Å². The van der Waals surface area contributed by atoms with Crippen molar-refractivity contribution in [1.29, 1.82) is 0 Å². The van der Waals surface area contributed by atoms with Gasteiger partial charge in [0.2, 0.25) is 88.6 Å². The molecule has 0 bridgehead atoms. The van der Waals surface area contributed by atoms with Gasteiger partial charge >= 0.3 is 23.9 Å². The normalized spacial score (nSPS) is 15.5. The highest BCUT2D eigenvalue weighted by atomic mass is 32.1. The van der Waals surface area contributed by atoms with E-state index in [0.29, 0.717) is 12.8 Å². The number of unbranched alkanes of at least 4 members (excludes halogenated alkanes) is 2. The third-order valence-electron chi connectivity index (χ3n) is 16.8. The van der Waals surface area contributed by atoms with Crippen molar-refractivity contribution >= 4 is 125 Å². The Hall–Kier alpha value is -9.84. The Labute approximate surface area is 650 Å². The van der Waals surface area contributed by atoms with E-state index >= 15 is 0 Å². The van der Waals surface area contributed by atoms with Crippen molar-refractivity contribution in [3.63, 3.8) is 0 Å². The lowest BCUT2D eigenvalue weighted by atomic mass is 10.00. The lowest BCUT2D eigenvalue weighted by Crippen LogP contribution is -2.61. The third kappa shape index (κ3) is 40.1. The molecule has 16 atom stereocenters. The average molecular weight is 1600 g/mol. The molecule has 0 unspecified atom stereocenters. The maximum Gasteiger partial charge on any atom is 0.325 e. The monoisotopic (exact) mass is 1600 g/mol. The molecule has 42 heteroatoms. The minimum Gasteiger partial charge on any atom is -0.481 e. The molecule has 0 spiro atoms. The summed E-state index contributed by atoms with van der Waals surface area (Å²) in [6.07, 6.45) is -1.84. The maximum absolute atomic E-state index is 14.3. The van der Waals surface area contributed by atoms with E-state index < -0.39 is 241 Å². The first kappa shape index (κ1) is 101. The molecule has 111 heavy (non-hydrogen) atoms. The lowest BCUT2D eigenvalue weighted by Gasteiger charge is -2.29. The zero-order valence-electron chi connectivity index (χ0n) is 65.6. The number of hydrogen-bond acceptors (Lipinski definition) is 23. The molecule has 25 N–H and O–H groups in total. The van der Waals surface area contributed by atoms with Gasteiger partial charge in [-0.2, -0.15) is 12.6 Å². The molecule has 0 aliphatic carbocycles. The Morgan fingerprint density at radius 2 is 0.559 bits per heavy atom. The number of carboxylic acid groups (broad SMARTS) is 4. The number of carbonyl (C=O) groups is 19. The van der Waals surface area contributed by atoms with Crippen LogP contribution in [0.25, 0.3) is 0 Å². The van der Waals surface area contributed by atoms with Crippen LogP contribution < -0.4 is 97.0 Å². The van der Waals surface area contributed by atoms with Crippen LogP contribution in [0.4, 0.5) is 0 Å². The number of carbonyl (C=O) groups excluding carboxylic acids is 15. The predicted molar refractivity (Wildman–Crippen MR) is 403 cm³/mol. The maximum atomic E-state index is 14.3. The number of hydrogen-bond donors (Lipinski definition) is 23. The molecule has 0 aliphatic rings. The highest BCUT2D eigenvalue weighted by Crippen LogP contribution is 2.14. The zero-order chi connectivity index (χ0) is 85.4. The summed E-state index contributed by atoms with van der Waals surface area (Å²) in [4.78, 5) is 250. The van der Waals surface area contributed by atoms with Gasteiger partial charge in [0.15, 0.2) is 0 Å². The van der Waals surface area contributed by atoms with Crippen LogP contribution in [-0.4, -0.2) is 248 Å². The van der Waals surface area contributed by atoms with E-state index in [-0.39, 0.29) is 81.5 Å². The highest BCUT2D eigenvalue weighted by Gasteiger charge is 2.38. The molecule has 0 rings (SSSR count). The topological polar surface area (TPSA) is 664 Å². The Kier molecular flexibility index (Phi) is 47.0. The number of thiol groups is 1. The molecule has 630 valence electrons. The summed E-state index contributed by atoms with van der Waals surface area (Å²) in [5, 5.41) is 73.8. The van der Waals surface area contributed by atoms with E-state index in [2.05, 4.69) is 92.4 Å². The summed E-state index contributed by atoms with van der Waals surface area (Å²) < 4.78 is 0. The number of nitrogens with two attached hydrogens (primary N) is 3. The van der Waals surface area contributed by atoms with E-state index in [1.54, 1.807) is 55.4 Å². The molecule has 0 radical (unpaired) electrons. The van der Waals surface area contributed by atoms with Gasteiger partial charge in [0.05, 0.1) is 18.9 Å². The minimum atomic E-state index is -1.91. The average Bonchev–Trinajstić information content (AvgIpc) is 0.860. The Bertz CT molecular complexity index is 3220. The molecule has 15 amide bonds. The van der Waals surface area contributed by atoms with E-state index in [0.717, 1.165) is 6.92 Å². The van der Waals surface area contributed by atoms with Crippen LogP contribution in [0.2, 0.25) is 0 Å². The predicted octanol–water partition coefficient (Wildman–Crippen LogP) is -5.41. The Morgan fingerprint density at radius 1 is 0.288 bits per heavy atom. The second kappa shape index (κ2) is 51.6. The summed E-state index contributed by atoms with van der Waals surface area (Å²) in [5.74, 6) is -21.6. The summed E-state index contributed by atoms with van der Waals surface area (Å²) in [7, 11) is 0. The van der Waals surface area contributed by atoms with Crippen LogP contribution in [-0.2, 0) is 91.1 Å². The van der Waals surface area contributed by atoms with Crippen LogP contribution in [0.3, 0.4) is 0 Å². The van der Waals surface area contributed by atoms with Crippen LogP contribution in [0, 0.1) is 23.7 Å². The van der Waals surface area contributed by atoms with E-state index in [9.17, 15) is 106 Å². The van der Waals surface area contributed by atoms with Crippen molar-refractivity contribution in [3.05, 3.63) is 0 Å². The van der Waals surface area contributed by atoms with Gasteiger partial charge in [0, 0.05) is 12.2 Å². The summed E-state index contributed by atoms with van der Waals surface area (Å²) in [6, 6.07) is -23.1. The fourth-order valence-electron chi connectivity index (χ4n) is 10.4. The van der Waals surface area contributed by atoms with Gasteiger partial charge < -0.3 is 117 Å². The van der Waals surface area contributed by atoms with Gasteiger partial charge in [-0.1, -0.05) is 55.4 Å². The zero-order valence-corrected chi connectivity index (χ0v) is 66.5. The summed E-state index contributed by atoms with van der Waals surface area (Å²) >= 11 is 4.18. The van der Waals surface area contributed by atoms with E-state index in [1.807, 2.05) is 0 Å². The molecular formula is C69H120N18O23S. The SMILES string of the molecule is CC(C)C[C@H](NC(=O)[C@H](C)NC(=O)[C@H](C)NC(=O)[C@H](CC(C)C)NC(=O)[C@@H](N)CC(=O)O)C(=O)N[C@@H](C)C(=O)N[C@@H](CC(=O)O)C(=O)N[C@@H](CCCCN)C(=O)N[C@H](C(=O)N[C@@H](CCCCN)C(=O)N[C@@H](C)C(=O)N[C@@H](CC(C)C)C(=O)N[C@@H](CS)C(=O)N[C@@H](C)C(=O)N[C@@H](CCC(=O)O)C(=O)N[C@@H](C)C(=O)O)C(C)C. The molecule has 0 saturated heterocycles. The molecule has 0 aliphatic heterocycles. The molecule has 0 fully saturated rings. The Balaban J connectivity index is 6.50. The second-order valence-corrected chi connectivity index (χ2v) is 29.2. The molecular weight excluding hydrogens is 1480 g/mol. The van der Waals surface area contributed by atoms with Gasteiger partial charge in [0.1, 0.15) is 90.6 Å². The molecule has 0 saturated carbocycles. The van der Waals surface area contributed by atoms with Gasteiger partial charge in [-0.3, -0.25) is 91.1 Å². The fourth-order valence-corrected chi connectivity index (χ4v) is 10.6. The van der Waals surface area contributed by atoms with Crippen LogP contribution >= 0.6 is 12.6 Å². The lowest BCUT2D eigenvalue weighted by molar-refractivity contribution is -0.142. The second-order valence-electron chi connectivity index (χ2n) is 28.8. The van der Waals surface area contributed by atoms with Crippen molar-refractivity contribution in [2.24, 2.45) is 40.9 Å². The van der Waals surface area contributed by atoms with Gasteiger partial charge in [-0.15, -0.1) is 0 Å². The summed E-state index contributed by atoms with van der Waals surface area (Å²) in [6.45, 7) is 21.2. The van der Waals surface area contributed by atoms with Crippen molar-refractivity contribution in [1.82, 2.24) is 79.8 Å². The van der Waals surface area contributed by atoms with Gasteiger partial charge in [-0.25, -0.2) is 0 Å². The first-order valence-electron chi connectivity index (χ1n) is 36.8. The number of rotatable bonds is 54. The molecule has 0 aromatic heterocycles. The quantitative estimate of drug-likeness (QED) is 0.0200. The van der Waals surface area contributed by atoms with Crippen LogP contribution in [0.1, 0.15) is 180 Å².